The molecule has 116 valence electrons. The van der Waals surface area contributed by atoms with Gasteiger partial charge < -0.3 is 10.4 Å². The zero-order valence-electron chi connectivity index (χ0n) is 13.1. The van der Waals surface area contributed by atoms with E-state index < -0.39 is 5.97 Å². The second kappa shape index (κ2) is 15.8. The molecule has 0 spiro atoms. The Balaban J connectivity index is 0. The fourth-order valence-electron chi connectivity index (χ4n) is 2.28. The van der Waals surface area contributed by atoms with Crippen LogP contribution >= 0.6 is 0 Å². The Morgan fingerprint density at radius 1 is 1.00 bits per heavy atom. The van der Waals surface area contributed by atoms with Gasteiger partial charge in [-0.1, -0.05) is 65.7 Å². The van der Waals surface area contributed by atoms with Crippen molar-refractivity contribution in [1.82, 2.24) is 5.32 Å². The molecule has 3 nitrogen and oxygen atoms in total. The molecule has 0 aliphatic heterocycles. The zero-order valence-corrected chi connectivity index (χ0v) is 13.1. The van der Waals surface area contributed by atoms with Gasteiger partial charge in [0, 0.05) is 0 Å². The van der Waals surface area contributed by atoms with Gasteiger partial charge >= 0.3 is 35.5 Å². The van der Waals surface area contributed by atoms with Crippen molar-refractivity contribution in [2.45, 2.75) is 84.6 Å². The molecule has 0 aromatic carbocycles. The number of aliphatic carboxylic acids is 1. The summed E-state index contributed by atoms with van der Waals surface area (Å²) in [5, 5.41) is 12.2. The summed E-state index contributed by atoms with van der Waals surface area (Å²) in [7, 11) is 0. The third-order valence-corrected chi connectivity index (χ3v) is 3.43. The van der Waals surface area contributed by atoms with Crippen molar-refractivity contribution >= 4 is 35.5 Å². The first kappa shape index (κ1) is 22.7. The molecule has 0 rings (SSSR count). The summed E-state index contributed by atoms with van der Waals surface area (Å²) < 4.78 is 0. The van der Waals surface area contributed by atoms with E-state index in [0.717, 1.165) is 13.0 Å². The number of carboxylic acid groups (broad SMARTS) is 1. The summed E-state index contributed by atoms with van der Waals surface area (Å²) in [5.41, 5.74) is 0. The second-order valence-electron chi connectivity index (χ2n) is 5.95. The summed E-state index contributed by atoms with van der Waals surface area (Å²) >= 11 is 0. The van der Waals surface area contributed by atoms with E-state index in [0.29, 0.717) is 12.3 Å². The van der Waals surface area contributed by atoms with E-state index in [-0.39, 0.29) is 35.6 Å². The Morgan fingerprint density at radius 3 is 1.95 bits per heavy atom. The molecule has 1 unspecified atom stereocenters. The molecule has 0 aromatic rings. The first-order valence-corrected chi connectivity index (χ1v) is 8.04. The molecule has 0 aliphatic rings. The summed E-state index contributed by atoms with van der Waals surface area (Å²) in [4.78, 5) is 11.0. The predicted octanol–water partition coefficient (Wildman–Crippen LogP) is 3.57. The van der Waals surface area contributed by atoms with Gasteiger partial charge in [-0.05, 0) is 25.3 Å². The molecule has 0 amide bonds. The molecule has 0 aromatic heterocycles. The maximum absolute atomic E-state index is 11.0. The molecular formula is C16H34NNaO2. The molecule has 0 aliphatic carbocycles. The fraction of sp³-hybridized carbons (Fsp3) is 0.938. The van der Waals surface area contributed by atoms with Crippen LogP contribution < -0.4 is 5.32 Å². The molecular weight excluding hydrogens is 261 g/mol. The van der Waals surface area contributed by atoms with Gasteiger partial charge in [0.15, 0.2) is 0 Å². The van der Waals surface area contributed by atoms with Crippen molar-refractivity contribution in [1.29, 1.82) is 0 Å². The number of hydrogen-bond acceptors (Lipinski definition) is 2. The van der Waals surface area contributed by atoms with E-state index in [2.05, 4.69) is 26.1 Å². The first-order chi connectivity index (χ1) is 9.07. The van der Waals surface area contributed by atoms with Crippen molar-refractivity contribution in [2.75, 3.05) is 6.54 Å². The summed E-state index contributed by atoms with van der Waals surface area (Å²) in [5.74, 6) is -0.291. The molecule has 4 heteroatoms. The molecule has 0 saturated heterocycles. The summed E-state index contributed by atoms with van der Waals surface area (Å²) in [6.07, 6.45) is 11.0. The number of rotatable bonds is 13. The minimum atomic E-state index is -0.715. The molecule has 2 N–H and O–H groups in total. The van der Waals surface area contributed by atoms with E-state index in [1.807, 2.05) is 0 Å². The van der Waals surface area contributed by atoms with Crippen LogP contribution in [0.25, 0.3) is 0 Å². The Kier molecular flexibility index (Phi) is 18.0. The van der Waals surface area contributed by atoms with E-state index in [9.17, 15) is 4.79 Å². The predicted molar refractivity (Wildman–Crippen MR) is 88.6 cm³/mol. The van der Waals surface area contributed by atoms with Crippen LogP contribution in [0.2, 0.25) is 0 Å². The average Bonchev–Trinajstić information content (AvgIpc) is 2.34. The second-order valence-corrected chi connectivity index (χ2v) is 5.95. The van der Waals surface area contributed by atoms with Crippen molar-refractivity contribution in [3.8, 4) is 0 Å². The normalized spacial score (nSPS) is 12.2. The van der Waals surface area contributed by atoms with Crippen molar-refractivity contribution in [3.05, 3.63) is 0 Å². The van der Waals surface area contributed by atoms with E-state index in [4.69, 9.17) is 5.11 Å². The van der Waals surface area contributed by atoms with Gasteiger partial charge in [0.1, 0.15) is 6.04 Å². The Bertz CT molecular complexity index is 223. The van der Waals surface area contributed by atoms with Gasteiger partial charge in [-0.15, -0.1) is 0 Å². The van der Waals surface area contributed by atoms with E-state index in [1.54, 1.807) is 0 Å². The molecule has 20 heavy (non-hydrogen) atoms. The van der Waals surface area contributed by atoms with Crippen LogP contribution in [-0.2, 0) is 4.79 Å². The number of nitrogens with one attached hydrogen (secondary N) is 1. The molecule has 1 atom stereocenters. The minimum absolute atomic E-state index is 0. The van der Waals surface area contributed by atoms with Gasteiger partial charge in [-0.3, -0.25) is 4.79 Å². The van der Waals surface area contributed by atoms with Crippen LogP contribution in [0.3, 0.4) is 0 Å². The van der Waals surface area contributed by atoms with Crippen molar-refractivity contribution in [2.24, 2.45) is 5.92 Å². The molecule has 0 radical (unpaired) electrons. The number of unbranched alkanes of at least 4 members (excludes halogenated alkanes) is 7. The Labute approximate surface area is 147 Å². The first-order valence-electron chi connectivity index (χ1n) is 8.04. The molecule has 0 bridgehead atoms. The third kappa shape index (κ3) is 14.8. The number of carbonyl (C=O) groups is 1. The summed E-state index contributed by atoms with van der Waals surface area (Å²) in [6, 6.07) is -0.371. The van der Waals surface area contributed by atoms with Crippen molar-refractivity contribution in [3.63, 3.8) is 0 Å². The quantitative estimate of drug-likeness (QED) is 0.403. The van der Waals surface area contributed by atoms with Crippen LogP contribution in [-0.4, -0.2) is 53.2 Å². The SMILES string of the molecule is CCCCCCCCCCNC(CC(C)C)C(=O)O.[NaH]. The van der Waals surface area contributed by atoms with E-state index in [1.165, 1.54) is 44.9 Å². The standard InChI is InChI=1S/C16H33NO2.Na.H/c1-4-5-6-7-8-9-10-11-12-17-15(16(18)19)13-14(2)3;;/h14-15,17H,4-13H2,1-3H3,(H,18,19);;. The maximum atomic E-state index is 11.0. The Hall–Kier alpha value is 0.430. The topological polar surface area (TPSA) is 49.3 Å². The number of hydrogen-bond donors (Lipinski definition) is 2. The van der Waals surface area contributed by atoms with Crippen molar-refractivity contribution < 1.29 is 9.90 Å². The van der Waals surface area contributed by atoms with Gasteiger partial charge in [0.25, 0.3) is 0 Å². The van der Waals surface area contributed by atoms with Gasteiger partial charge in [-0.2, -0.15) is 0 Å². The average molecular weight is 295 g/mol. The van der Waals surface area contributed by atoms with Gasteiger partial charge in [-0.25, -0.2) is 0 Å². The van der Waals surface area contributed by atoms with Crippen LogP contribution in [0.15, 0.2) is 0 Å². The third-order valence-electron chi connectivity index (χ3n) is 3.43. The molecule has 0 fully saturated rings. The number of carboxylic acids is 1. The zero-order chi connectivity index (χ0) is 14.5. The van der Waals surface area contributed by atoms with Crippen LogP contribution in [0, 0.1) is 5.92 Å². The van der Waals surface area contributed by atoms with Gasteiger partial charge in [0.05, 0.1) is 0 Å². The van der Waals surface area contributed by atoms with Crippen LogP contribution in [0.5, 0.6) is 0 Å². The van der Waals surface area contributed by atoms with Crippen LogP contribution in [0.1, 0.15) is 78.6 Å². The van der Waals surface area contributed by atoms with Gasteiger partial charge in [0.2, 0.25) is 0 Å². The van der Waals surface area contributed by atoms with E-state index >= 15 is 0 Å². The Morgan fingerprint density at radius 2 is 1.50 bits per heavy atom. The fourth-order valence-corrected chi connectivity index (χ4v) is 2.28. The molecule has 0 heterocycles. The monoisotopic (exact) mass is 295 g/mol. The van der Waals surface area contributed by atoms with Crippen LogP contribution in [0.4, 0.5) is 0 Å². The summed E-state index contributed by atoms with van der Waals surface area (Å²) in [6.45, 7) is 7.20. The molecule has 0 saturated carbocycles.